The Labute approximate surface area is 153 Å². The van der Waals surface area contributed by atoms with Gasteiger partial charge in [-0.2, -0.15) is 0 Å². The van der Waals surface area contributed by atoms with Gasteiger partial charge in [-0.1, -0.05) is 12.1 Å². The minimum atomic E-state index is -0.871. The number of methoxy groups -OCH3 is 1. The molecule has 2 aromatic rings. The fourth-order valence-corrected chi connectivity index (χ4v) is 2.39. The molecule has 1 saturated heterocycles. The number of carbonyl (C=O) groups is 3. The lowest BCUT2D eigenvalue weighted by molar-refractivity contribution is -0.123. The molecule has 1 aliphatic heterocycles. The first-order valence-electron chi connectivity index (χ1n) is 7.90. The van der Waals surface area contributed by atoms with Gasteiger partial charge in [-0.15, -0.1) is 0 Å². The molecule has 3 rings (SSSR count). The predicted molar refractivity (Wildman–Crippen MR) is 93.4 cm³/mol. The molecule has 138 valence electrons. The lowest BCUT2D eigenvalue weighted by Gasteiger charge is -2.15. The van der Waals surface area contributed by atoms with Crippen LogP contribution in [0.3, 0.4) is 0 Å². The van der Waals surface area contributed by atoms with Gasteiger partial charge in [0, 0.05) is 11.6 Å². The average molecular weight is 370 g/mol. The van der Waals surface area contributed by atoms with Gasteiger partial charge < -0.3 is 9.47 Å². The van der Waals surface area contributed by atoms with Gasteiger partial charge in [0.15, 0.2) is 0 Å². The van der Waals surface area contributed by atoms with E-state index >= 15 is 0 Å². The topological polar surface area (TPSA) is 93.7 Å². The zero-order valence-corrected chi connectivity index (χ0v) is 14.2. The van der Waals surface area contributed by atoms with Gasteiger partial charge >= 0.3 is 6.03 Å². The van der Waals surface area contributed by atoms with Crippen LogP contribution >= 0.6 is 0 Å². The van der Waals surface area contributed by atoms with Crippen LogP contribution < -0.4 is 20.1 Å². The van der Waals surface area contributed by atoms with E-state index in [1.165, 1.54) is 25.3 Å². The maximum absolute atomic E-state index is 13.0. The maximum atomic E-state index is 13.0. The van der Waals surface area contributed by atoms with E-state index in [9.17, 15) is 18.8 Å². The largest absolute Gasteiger partial charge is 0.497 e. The highest BCUT2D eigenvalue weighted by Gasteiger charge is 2.28. The van der Waals surface area contributed by atoms with Crippen molar-refractivity contribution in [3.05, 3.63) is 65.0 Å². The van der Waals surface area contributed by atoms with Crippen LogP contribution in [-0.4, -0.2) is 25.0 Å². The molecule has 0 atom stereocenters. The highest BCUT2D eigenvalue weighted by molar-refractivity contribution is 6.31. The Morgan fingerprint density at radius 3 is 2.30 bits per heavy atom. The Kier molecular flexibility index (Phi) is 5.16. The van der Waals surface area contributed by atoms with Crippen LogP contribution in [0, 0.1) is 5.82 Å². The molecule has 8 heteroatoms. The molecule has 0 saturated carbocycles. The van der Waals surface area contributed by atoms with Crippen molar-refractivity contribution < 1.29 is 28.2 Å². The third-order valence-electron chi connectivity index (χ3n) is 3.77. The van der Waals surface area contributed by atoms with Crippen LogP contribution in [0.2, 0.25) is 0 Å². The van der Waals surface area contributed by atoms with Crippen LogP contribution in [0.15, 0.2) is 48.0 Å². The summed E-state index contributed by atoms with van der Waals surface area (Å²) in [6.07, 6.45) is 1.32. The fraction of sp³-hybridized carbons (Fsp3) is 0.105. The smallest absolute Gasteiger partial charge is 0.328 e. The number of carbonyl (C=O) groups excluding carboxylic acids is 3. The second kappa shape index (κ2) is 7.69. The van der Waals surface area contributed by atoms with Crippen molar-refractivity contribution in [1.29, 1.82) is 0 Å². The lowest BCUT2D eigenvalue weighted by atomic mass is 10.1. The highest BCUT2D eigenvalue weighted by Crippen LogP contribution is 2.28. The monoisotopic (exact) mass is 370 g/mol. The molecule has 0 radical (unpaired) electrons. The average Bonchev–Trinajstić information content (AvgIpc) is 2.64. The Balaban J connectivity index is 1.89. The second-order valence-electron chi connectivity index (χ2n) is 5.61. The highest BCUT2D eigenvalue weighted by atomic mass is 19.1. The van der Waals surface area contributed by atoms with Crippen LogP contribution in [0.5, 0.6) is 11.5 Å². The number of urea groups is 1. The minimum absolute atomic E-state index is 0.139. The lowest BCUT2D eigenvalue weighted by Crippen LogP contribution is -2.51. The van der Waals surface area contributed by atoms with E-state index in [1.54, 1.807) is 30.3 Å². The molecule has 1 fully saturated rings. The van der Waals surface area contributed by atoms with Crippen molar-refractivity contribution in [2.24, 2.45) is 0 Å². The summed E-state index contributed by atoms with van der Waals surface area (Å²) in [7, 11) is 1.49. The first-order chi connectivity index (χ1) is 13.0. The molecule has 0 aromatic heterocycles. The number of nitrogens with one attached hydrogen (secondary N) is 2. The van der Waals surface area contributed by atoms with Gasteiger partial charge in [-0.25, -0.2) is 9.18 Å². The molecule has 7 nitrogen and oxygen atoms in total. The molecule has 0 unspecified atom stereocenters. The third kappa shape index (κ3) is 4.30. The van der Waals surface area contributed by atoms with Gasteiger partial charge in [0.2, 0.25) is 0 Å². The summed E-state index contributed by atoms with van der Waals surface area (Å²) in [5.41, 5.74) is 0.940. The Hall–Kier alpha value is -3.68. The summed E-state index contributed by atoms with van der Waals surface area (Å²) < 4.78 is 23.9. The summed E-state index contributed by atoms with van der Waals surface area (Å²) in [5.74, 6) is -1.09. The van der Waals surface area contributed by atoms with Gasteiger partial charge in [0.05, 0.1) is 7.11 Å². The molecular formula is C19H15FN2O5. The zero-order valence-electron chi connectivity index (χ0n) is 14.2. The van der Waals surface area contributed by atoms with E-state index < -0.39 is 17.8 Å². The number of imide groups is 2. The molecule has 2 N–H and O–H groups in total. The number of hydrogen-bond donors (Lipinski definition) is 2. The van der Waals surface area contributed by atoms with Crippen molar-refractivity contribution in [1.82, 2.24) is 10.6 Å². The van der Waals surface area contributed by atoms with E-state index in [-0.39, 0.29) is 18.0 Å². The van der Waals surface area contributed by atoms with Crippen LogP contribution in [-0.2, 0) is 16.2 Å². The number of benzene rings is 2. The normalized spacial score (nSPS) is 13.7. The van der Waals surface area contributed by atoms with Crippen LogP contribution in [0.4, 0.5) is 9.18 Å². The minimum Gasteiger partial charge on any atom is -0.497 e. The molecule has 0 bridgehead atoms. The number of rotatable bonds is 5. The van der Waals surface area contributed by atoms with Gasteiger partial charge in [0.1, 0.15) is 29.5 Å². The van der Waals surface area contributed by atoms with E-state index in [4.69, 9.17) is 9.47 Å². The standard InChI is InChI=1S/C19H15FN2O5/c1-26-14-7-4-12(8-15-17(23)21-19(25)22-18(15)24)16(9-14)27-10-11-2-5-13(20)6-3-11/h2-9H,10H2,1H3,(H2,21,22,23,24,25). The van der Waals surface area contributed by atoms with Gasteiger partial charge in [-0.3, -0.25) is 20.2 Å². The molecule has 0 aliphatic carbocycles. The number of hydrogen-bond acceptors (Lipinski definition) is 5. The van der Waals surface area contributed by atoms with Crippen molar-refractivity contribution in [3.63, 3.8) is 0 Å². The summed E-state index contributed by atoms with van der Waals surface area (Å²) >= 11 is 0. The summed E-state index contributed by atoms with van der Waals surface area (Å²) in [6, 6.07) is 9.79. The molecule has 27 heavy (non-hydrogen) atoms. The SMILES string of the molecule is COc1ccc(C=C2C(=O)NC(=O)NC2=O)c(OCc2ccc(F)cc2)c1. The Morgan fingerprint density at radius 1 is 1.00 bits per heavy atom. The quantitative estimate of drug-likeness (QED) is 0.621. The maximum Gasteiger partial charge on any atom is 0.328 e. The van der Waals surface area contributed by atoms with Gasteiger partial charge in [-0.05, 0) is 35.9 Å². The van der Waals surface area contributed by atoms with Gasteiger partial charge in [0.25, 0.3) is 11.8 Å². The number of ether oxygens (including phenoxy) is 2. The summed E-state index contributed by atoms with van der Waals surface area (Å²) in [5, 5.41) is 4.01. The zero-order chi connectivity index (χ0) is 19.4. The van der Waals surface area contributed by atoms with Crippen molar-refractivity contribution >= 4 is 23.9 Å². The Bertz CT molecular complexity index is 916. The number of halogens is 1. The van der Waals surface area contributed by atoms with E-state index in [0.29, 0.717) is 17.1 Å². The number of barbiturate groups is 1. The van der Waals surface area contributed by atoms with Crippen molar-refractivity contribution in [3.8, 4) is 11.5 Å². The fourth-order valence-electron chi connectivity index (χ4n) is 2.39. The first-order valence-corrected chi connectivity index (χ1v) is 7.90. The predicted octanol–water partition coefficient (Wildman–Crippen LogP) is 2.16. The van der Waals surface area contributed by atoms with E-state index in [0.717, 1.165) is 5.56 Å². The molecular weight excluding hydrogens is 355 g/mol. The molecule has 4 amide bonds. The van der Waals surface area contributed by atoms with Crippen molar-refractivity contribution in [2.75, 3.05) is 7.11 Å². The van der Waals surface area contributed by atoms with E-state index in [1.807, 2.05) is 10.6 Å². The van der Waals surface area contributed by atoms with Crippen LogP contribution in [0.25, 0.3) is 6.08 Å². The molecule has 1 heterocycles. The molecule has 0 spiro atoms. The Morgan fingerprint density at radius 2 is 1.67 bits per heavy atom. The second-order valence-corrected chi connectivity index (χ2v) is 5.61. The molecule has 2 aromatic carbocycles. The summed E-state index contributed by atoms with van der Waals surface area (Å²) in [4.78, 5) is 35.0. The third-order valence-corrected chi connectivity index (χ3v) is 3.77. The summed E-state index contributed by atoms with van der Waals surface area (Å²) in [6.45, 7) is 0.139. The molecule has 1 aliphatic rings. The van der Waals surface area contributed by atoms with Crippen LogP contribution in [0.1, 0.15) is 11.1 Å². The number of amides is 4. The van der Waals surface area contributed by atoms with E-state index in [2.05, 4.69) is 0 Å². The van der Waals surface area contributed by atoms with Crippen molar-refractivity contribution in [2.45, 2.75) is 6.61 Å². The first kappa shape index (κ1) is 18.1.